The number of aliphatic carboxylic acids is 1. The number of hydrogen-bond acceptors (Lipinski definition) is 6. The number of carboxylic acids is 1. The first kappa shape index (κ1) is 33.8. The second-order valence-corrected chi connectivity index (χ2v) is 13.5. The maximum absolute atomic E-state index is 14.1. The quantitative estimate of drug-likeness (QED) is 0.201. The van der Waals surface area contributed by atoms with Gasteiger partial charge in [0.25, 0.3) is 5.91 Å². The van der Waals surface area contributed by atoms with Crippen LogP contribution in [0.2, 0.25) is 0 Å². The number of hydrogen-bond donors (Lipinski definition) is 3. The molecule has 2 amide bonds. The summed E-state index contributed by atoms with van der Waals surface area (Å²) in [5, 5.41) is 22.3. The molecule has 0 bridgehead atoms. The third-order valence-corrected chi connectivity index (χ3v) is 7.83. The van der Waals surface area contributed by atoms with E-state index >= 15 is 0 Å². The van der Waals surface area contributed by atoms with Crippen molar-refractivity contribution in [3.8, 4) is 28.3 Å². The smallest absolute Gasteiger partial charge is 0.326 e. The molecule has 4 rings (SSSR count). The Morgan fingerprint density at radius 3 is 1.83 bits per heavy atom. The van der Waals surface area contributed by atoms with Gasteiger partial charge in [0.1, 0.15) is 17.8 Å². The maximum atomic E-state index is 14.1. The van der Waals surface area contributed by atoms with Crippen molar-refractivity contribution in [2.75, 3.05) is 0 Å². The highest BCUT2D eigenvalue weighted by molar-refractivity contribution is 5.98. The Kier molecular flexibility index (Phi) is 9.95. The highest BCUT2D eigenvalue weighted by Crippen LogP contribution is 2.25. The molecule has 46 heavy (non-hydrogen) atoms. The molecular weight excluding hydrogens is 580 g/mol. The molecular formula is C37H42N4O5. The minimum Gasteiger partial charge on any atom is -0.508 e. The van der Waals surface area contributed by atoms with Crippen molar-refractivity contribution >= 4 is 17.8 Å². The summed E-state index contributed by atoms with van der Waals surface area (Å²) in [7, 11) is 0. The van der Waals surface area contributed by atoms with Crippen molar-refractivity contribution in [3.63, 3.8) is 0 Å². The zero-order valence-corrected chi connectivity index (χ0v) is 27.4. The summed E-state index contributed by atoms with van der Waals surface area (Å²) in [5.74, 6) is -1.34. The molecule has 0 saturated heterocycles. The lowest BCUT2D eigenvalue weighted by atomic mass is 9.86. The molecule has 0 aliphatic rings. The Labute approximate surface area is 270 Å². The second kappa shape index (κ2) is 13.5. The van der Waals surface area contributed by atoms with Gasteiger partial charge in [0.05, 0.1) is 0 Å². The van der Waals surface area contributed by atoms with Crippen molar-refractivity contribution in [3.05, 3.63) is 102 Å². The van der Waals surface area contributed by atoms with E-state index in [-0.39, 0.29) is 17.6 Å². The monoisotopic (exact) mass is 622 g/mol. The molecule has 240 valence electrons. The number of benzene rings is 3. The van der Waals surface area contributed by atoms with Crippen LogP contribution < -0.4 is 5.32 Å². The number of carbonyl (C=O) groups excluding carboxylic acids is 2. The number of rotatable bonds is 9. The Hall–Kier alpha value is -5.05. The molecule has 1 heterocycles. The molecule has 1 aromatic heterocycles. The average Bonchev–Trinajstić information content (AvgIpc) is 3.00. The normalized spacial score (nSPS) is 13.0. The van der Waals surface area contributed by atoms with Gasteiger partial charge in [-0.05, 0) is 74.1 Å². The van der Waals surface area contributed by atoms with Gasteiger partial charge in [-0.15, -0.1) is 0 Å². The summed E-state index contributed by atoms with van der Waals surface area (Å²) in [6.45, 7) is 13.1. The minimum absolute atomic E-state index is 0.0836. The molecule has 0 aliphatic heterocycles. The standard InChI is InChI=1S/C37H42N4O5/c1-23(35(45)46)41(37(5,6)7)34(44)31(40-33(43)27-12-16-29(17-13-27)36(2,3)4)20-24-8-10-26(11-9-24)32-38-21-28(22-39-32)25-14-18-30(42)19-15-25/h8-19,21-23,31,42H,20H2,1-7H3,(H,40,43)(H,45,46)/t23-,31+/m1/s1. The third kappa shape index (κ3) is 8.15. The van der Waals surface area contributed by atoms with Gasteiger partial charge in [-0.1, -0.05) is 69.3 Å². The van der Waals surface area contributed by atoms with E-state index in [1.807, 2.05) is 36.4 Å². The lowest BCUT2D eigenvalue weighted by Crippen LogP contribution is -2.60. The fourth-order valence-electron chi connectivity index (χ4n) is 5.25. The van der Waals surface area contributed by atoms with Gasteiger partial charge in [-0.2, -0.15) is 0 Å². The number of amides is 2. The van der Waals surface area contributed by atoms with E-state index in [1.165, 1.54) is 11.8 Å². The van der Waals surface area contributed by atoms with E-state index in [0.29, 0.717) is 11.4 Å². The van der Waals surface area contributed by atoms with Gasteiger partial charge >= 0.3 is 5.97 Å². The second-order valence-electron chi connectivity index (χ2n) is 13.5. The van der Waals surface area contributed by atoms with Crippen LogP contribution in [0.1, 0.15) is 70.0 Å². The summed E-state index contributed by atoms with van der Waals surface area (Å²) in [4.78, 5) is 49.8. The first-order valence-electron chi connectivity index (χ1n) is 15.2. The van der Waals surface area contributed by atoms with Crippen LogP contribution in [0.25, 0.3) is 22.5 Å². The van der Waals surface area contributed by atoms with E-state index in [1.54, 1.807) is 69.6 Å². The molecule has 0 aliphatic carbocycles. The highest BCUT2D eigenvalue weighted by Gasteiger charge is 2.38. The number of carbonyl (C=O) groups is 3. The fraction of sp³-hybridized carbons (Fsp3) is 0.324. The summed E-state index contributed by atoms with van der Waals surface area (Å²) in [6, 6.07) is 19.3. The predicted molar refractivity (Wildman–Crippen MR) is 178 cm³/mol. The summed E-state index contributed by atoms with van der Waals surface area (Å²) >= 11 is 0. The van der Waals surface area contributed by atoms with Crippen LogP contribution in [-0.2, 0) is 21.4 Å². The Bertz CT molecular complexity index is 1670. The largest absolute Gasteiger partial charge is 0.508 e. The third-order valence-electron chi connectivity index (χ3n) is 7.83. The van der Waals surface area contributed by atoms with Crippen molar-refractivity contribution in [2.45, 2.75) is 77.9 Å². The molecule has 0 saturated carbocycles. The fourth-order valence-corrected chi connectivity index (χ4v) is 5.25. The van der Waals surface area contributed by atoms with E-state index in [0.717, 1.165) is 27.8 Å². The number of phenolic OH excluding ortho intramolecular Hbond substituents is 1. The van der Waals surface area contributed by atoms with Crippen LogP contribution in [-0.4, -0.2) is 60.5 Å². The van der Waals surface area contributed by atoms with Gasteiger partial charge < -0.3 is 20.4 Å². The van der Waals surface area contributed by atoms with Crippen LogP contribution in [0, 0.1) is 0 Å². The first-order chi connectivity index (χ1) is 21.5. The number of nitrogens with one attached hydrogen (secondary N) is 1. The highest BCUT2D eigenvalue weighted by atomic mass is 16.4. The van der Waals surface area contributed by atoms with Crippen molar-refractivity contribution in [1.29, 1.82) is 0 Å². The van der Waals surface area contributed by atoms with Crippen LogP contribution in [0.3, 0.4) is 0 Å². The van der Waals surface area contributed by atoms with Gasteiger partial charge in [0, 0.05) is 41.0 Å². The van der Waals surface area contributed by atoms with Crippen molar-refractivity contribution < 1.29 is 24.6 Å². The summed E-state index contributed by atoms with van der Waals surface area (Å²) < 4.78 is 0. The molecule has 2 atom stereocenters. The number of phenols is 1. The minimum atomic E-state index is -1.13. The van der Waals surface area contributed by atoms with Crippen LogP contribution in [0.15, 0.2) is 85.2 Å². The Balaban J connectivity index is 1.59. The lowest BCUT2D eigenvalue weighted by molar-refractivity contribution is -0.155. The van der Waals surface area contributed by atoms with E-state index in [9.17, 15) is 24.6 Å². The molecule has 0 spiro atoms. The maximum Gasteiger partial charge on any atom is 0.326 e. The Morgan fingerprint density at radius 1 is 0.783 bits per heavy atom. The zero-order valence-electron chi connectivity index (χ0n) is 27.4. The van der Waals surface area contributed by atoms with Crippen LogP contribution >= 0.6 is 0 Å². The summed E-state index contributed by atoms with van der Waals surface area (Å²) in [5.41, 5.74) is 3.80. The lowest BCUT2D eigenvalue weighted by Gasteiger charge is -2.40. The molecule has 4 aromatic rings. The van der Waals surface area contributed by atoms with E-state index in [2.05, 4.69) is 36.1 Å². The van der Waals surface area contributed by atoms with E-state index < -0.39 is 35.4 Å². The molecule has 0 fully saturated rings. The molecule has 3 N–H and O–H groups in total. The van der Waals surface area contributed by atoms with Crippen molar-refractivity contribution in [2.24, 2.45) is 0 Å². The van der Waals surface area contributed by atoms with Crippen molar-refractivity contribution in [1.82, 2.24) is 20.2 Å². The molecule has 3 aromatic carbocycles. The number of nitrogens with zero attached hydrogens (tertiary/aromatic N) is 3. The van der Waals surface area contributed by atoms with E-state index in [4.69, 9.17) is 0 Å². The Morgan fingerprint density at radius 2 is 1.33 bits per heavy atom. The molecule has 0 radical (unpaired) electrons. The zero-order chi connectivity index (χ0) is 33.8. The topological polar surface area (TPSA) is 133 Å². The van der Waals surface area contributed by atoms with Crippen LogP contribution in [0.5, 0.6) is 5.75 Å². The average molecular weight is 623 g/mol. The first-order valence-corrected chi connectivity index (χ1v) is 15.2. The number of aromatic nitrogens is 2. The SMILES string of the molecule is C[C@H](C(=O)O)N(C(=O)[C@H](Cc1ccc(-c2ncc(-c3ccc(O)cc3)cn2)cc1)NC(=O)c1ccc(C(C)(C)C)cc1)C(C)(C)C. The number of aromatic hydroxyl groups is 1. The number of carboxylic acid groups (broad SMARTS) is 1. The molecule has 9 nitrogen and oxygen atoms in total. The molecule has 0 unspecified atom stereocenters. The van der Waals surface area contributed by atoms with Gasteiger partial charge in [-0.3, -0.25) is 9.59 Å². The van der Waals surface area contributed by atoms with Crippen LogP contribution in [0.4, 0.5) is 0 Å². The molecule has 9 heteroatoms. The van der Waals surface area contributed by atoms with Gasteiger partial charge in [0.2, 0.25) is 5.91 Å². The van der Waals surface area contributed by atoms with Gasteiger partial charge in [-0.25, -0.2) is 14.8 Å². The van der Waals surface area contributed by atoms with Gasteiger partial charge in [0.15, 0.2) is 5.82 Å². The summed E-state index contributed by atoms with van der Waals surface area (Å²) in [6.07, 6.45) is 3.57. The predicted octanol–water partition coefficient (Wildman–Crippen LogP) is 6.26.